The van der Waals surface area contributed by atoms with Crippen molar-refractivity contribution in [3.63, 3.8) is 0 Å². The number of nitrogens with zero attached hydrogens (tertiary/aromatic N) is 2. The van der Waals surface area contributed by atoms with Crippen molar-refractivity contribution in [2.45, 2.75) is 15.2 Å². The van der Waals surface area contributed by atoms with Crippen molar-refractivity contribution in [1.82, 2.24) is 4.57 Å². The quantitative estimate of drug-likeness (QED) is 0.166. The highest BCUT2D eigenvalue weighted by Gasteiger charge is 2.45. The molecule has 2 aliphatic heterocycles. The van der Waals surface area contributed by atoms with Gasteiger partial charge in [0.15, 0.2) is 28.7 Å². The van der Waals surface area contributed by atoms with Crippen LogP contribution >= 0.6 is 11.8 Å². The van der Waals surface area contributed by atoms with Gasteiger partial charge in [-0.3, -0.25) is 0 Å². The Morgan fingerprint density at radius 3 is 1.65 bits per heavy atom. The van der Waals surface area contributed by atoms with Gasteiger partial charge in [-0.2, -0.15) is 0 Å². The molecule has 0 spiro atoms. The molecule has 5 nitrogen and oxygen atoms in total. The third-order valence-corrected chi connectivity index (χ3v) is 14.9. The Labute approximate surface area is 403 Å². The average Bonchev–Trinajstić information content (AvgIpc) is 3.66. The van der Waals surface area contributed by atoms with Crippen LogP contribution in [0.2, 0.25) is 0 Å². The van der Waals surface area contributed by atoms with Gasteiger partial charge in [0.05, 0.1) is 31.9 Å². The second-order valence-electron chi connectivity index (χ2n) is 17.6. The molecule has 0 unspecified atom stereocenters. The SMILES string of the molecule is C1=Cc2c(cc(-n3c4ccccc4c4cc(N(c5ccccc5)c5ccccc5)ccc43)c3c2Oc2ccccc2S3)C(c2ccccc2)(c2ccccc2)c2cc3c(cc21)Oc1ccccc1O3. The Kier molecular flexibility index (Phi) is 8.98. The summed E-state index contributed by atoms with van der Waals surface area (Å²) in [6.07, 6.45) is 4.48. The summed E-state index contributed by atoms with van der Waals surface area (Å²) in [5.74, 6) is 4.36. The second-order valence-corrected chi connectivity index (χ2v) is 18.6. The van der Waals surface area contributed by atoms with Crippen LogP contribution in [0.25, 0.3) is 39.6 Å². The fourth-order valence-electron chi connectivity index (χ4n) is 10.8. The van der Waals surface area contributed by atoms with Crippen LogP contribution in [0.15, 0.2) is 240 Å². The maximum absolute atomic E-state index is 7.31. The summed E-state index contributed by atoms with van der Waals surface area (Å²) in [5.41, 5.74) is 12.0. The normalized spacial score (nSPS) is 13.6. The van der Waals surface area contributed by atoms with Gasteiger partial charge in [-0.05, 0) is 119 Å². The lowest BCUT2D eigenvalue weighted by Crippen LogP contribution is -2.33. The van der Waals surface area contributed by atoms with E-state index in [1.807, 2.05) is 24.3 Å². The van der Waals surface area contributed by atoms with Gasteiger partial charge in [-0.25, -0.2) is 0 Å². The summed E-state index contributed by atoms with van der Waals surface area (Å²) in [7, 11) is 0. The molecule has 10 aromatic carbocycles. The Hall–Kier alpha value is -8.71. The number of fused-ring (bicyclic) bond motifs is 10. The van der Waals surface area contributed by atoms with E-state index < -0.39 is 5.41 Å². The number of para-hydroxylation sites is 6. The monoisotopic (exact) mass is 904 g/mol. The van der Waals surface area contributed by atoms with E-state index in [1.54, 1.807) is 11.8 Å². The molecule has 11 aromatic rings. The van der Waals surface area contributed by atoms with Crippen LogP contribution < -0.4 is 19.1 Å². The molecule has 0 amide bonds. The van der Waals surface area contributed by atoms with Gasteiger partial charge in [0, 0.05) is 33.4 Å². The zero-order valence-electron chi connectivity index (χ0n) is 37.1. The maximum Gasteiger partial charge on any atom is 0.170 e. The van der Waals surface area contributed by atoms with Crippen LogP contribution in [-0.4, -0.2) is 4.57 Å². The molecule has 0 saturated carbocycles. The summed E-state index contributed by atoms with van der Waals surface area (Å²) in [6, 6.07) is 81.8. The van der Waals surface area contributed by atoms with E-state index in [2.05, 4.69) is 228 Å². The zero-order valence-corrected chi connectivity index (χ0v) is 37.9. The van der Waals surface area contributed by atoms with Gasteiger partial charge in [0.2, 0.25) is 0 Å². The molecule has 0 fully saturated rings. The zero-order chi connectivity index (χ0) is 45.5. The summed E-state index contributed by atoms with van der Waals surface area (Å²) < 4.78 is 23.1. The van der Waals surface area contributed by atoms with E-state index in [-0.39, 0.29) is 0 Å². The molecule has 0 bridgehead atoms. The van der Waals surface area contributed by atoms with Crippen molar-refractivity contribution in [2.24, 2.45) is 0 Å². The smallest absolute Gasteiger partial charge is 0.170 e. The predicted octanol–water partition coefficient (Wildman–Crippen LogP) is 17.3. The Balaban J connectivity index is 1.09. The first-order chi connectivity index (χ1) is 34.2. The van der Waals surface area contributed by atoms with Crippen molar-refractivity contribution in [1.29, 1.82) is 0 Å². The number of hydrogen-bond acceptors (Lipinski definition) is 5. The van der Waals surface area contributed by atoms with Crippen LogP contribution in [0, 0.1) is 0 Å². The van der Waals surface area contributed by atoms with Crippen LogP contribution in [0.1, 0.15) is 33.4 Å². The Bertz CT molecular complexity index is 3770. The van der Waals surface area contributed by atoms with Crippen LogP contribution in [0.3, 0.4) is 0 Å². The summed E-state index contributed by atoms with van der Waals surface area (Å²) in [6.45, 7) is 0. The molecule has 6 heteroatoms. The average molecular weight is 905 g/mol. The molecule has 69 heavy (non-hydrogen) atoms. The number of rotatable bonds is 6. The van der Waals surface area contributed by atoms with Gasteiger partial charge in [0.25, 0.3) is 0 Å². The lowest BCUT2D eigenvalue weighted by Gasteiger charge is -2.40. The van der Waals surface area contributed by atoms with Gasteiger partial charge in [-0.1, -0.05) is 163 Å². The third-order valence-electron chi connectivity index (χ3n) is 13.8. The number of ether oxygens (including phenoxy) is 3. The summed E-state index contributed by atoms with van der Waals surface area (Å²) in [4.78, 5) is 4.44. The van der Waals surface area contributed by atoms with Gasteiger partial charge in [-0.15, -0.1) is 0 Å². The van der Waals surface area contributed by atoms with Crippen molar-refractivity contribution < 1.29 is 14.2 Å². The topological polar surface area (TPSA) is 35.9 Å². The fraction of sp³-hybridized carbons (Fsp3) is 0.0159. The van der Waals surface area contributed by atoms with E-state index in [9.17, 15) is 0 Å². The summed E-state index contributed by atoms with van der Waals surface area (Å²) in [5, 5.41) is 2.31. The Morgan fingerprint density at radius 1 is 0.406 bits per heavy atom. The molecule has 326 valence electrons. The molecule has 3 heterocycles. The van der Waals surface area contributed by atoms with Gasteiger partial charge in [0.1, 0.15) is 5.75 Å². The van der Waals surface area contributed by atoms with E-state index in [4.69, 9.17) is 14.2 Å². The largest absolute Gasteiger partial charge is 0.454 e. The summed E-state index contributed by atoms with van der Waals surface area (Å²) >= 11 is 1.77. The van der Waals surface area contributed by atoms with Gasteiger partial charge >= 0.3 is 0 Å². The predicted molar refractivity (Wildman–Crippen MR) is 280 cm³/mol. The lowest BCUT2D eigenvalue weighted by molar-refractivity contribution is 0.358. The molecule has 1 aliphatic carbocycles. The number of anilines is 3. The highest BCUT2D eigenvalue weighted by atomic mass is 32.2. The van der Waals surface area contributed by atoms with E-state index in [0.29, 0.717) is 23.0 Å². The molecule has 0 atom stereocenters. The molecular weight excluding hydrogens is 865 g/mol. The number of benzene rings is 10. The van der Waals surface area contributed by atoms with Crippen LogP contribution in [0.5, 0.6) is 34.5 Å². The molecule has 3 aliphatic rings. The van der Waals surface area contributed by atoms with Crippen molar-refractivity contribution in [3.8, 4) is 40.2 Å². The minimum absolute atomic E-state index is 0.665. The second kappa shape index (κ2) is 15.7. The van der Waals surface area contributed by atoms with E-state index >= 15 is 0 Å². The molecular formula is C63H40N2O3S. The highest BCUT2D eigenvalue weighted by molar-refractivity contribution is 7.99. The first kappa shape index (κ1) is 39.5. The third kappa shape index (κ3) is 6.12. The number of aromatic nitrogens is 1. The minimum Gasteiger partial charge on any atom is -0.454 e. The van der Waals surface area contributed by atoms with Crippen LogP contribution in [0.4, 0.5) is 17.1 Å². The first-order valence-corrected chi connectivity index (χ1v) is 24.0. The first-order valence-electron chi connectivity index (χ1n) is 23.2. The molecule has 0 N–H and O–H groups in total. The fourth-order valence-corrected chi connectivity index (χ4v) is 11.9. The molecule has 1 aromatic heterocycles. The van der Waals surface area contributed by atoms with Gasteiger partial charge < -0.3 is 23.7 Å². The maximum atomic E-state index is 7.31. The van der Waals surface area contributed by atoms with Crippen molar-refractivity contribution in [2.75, 3.05) is 4.90 Å². The Morgan fingerprint density at radius 2 is 0.971 bits per heavy atom. The molecule has 0 radical (unpaired) electrons. The van der Waals surface area contributed by atoms with Crippen molar-refractivity contribution in [3.05, 3.63) is 264 Å². The standard InChI is InChI=1S/C63H40N2O3S/c1-5-19-42(20-6-1)63(43-21-7-2-8-22-43)50-40-59-58(66-55-29-15-16-30-56(55)67-59)37-41(50)33-35-48-51(63)39-54(62-61(48)68-57-31-17-18-32-60(57)69-62)65-52-28-14-13-27-47(52)49-38-46(34-36-53(49)65)64(44-23-9-3-10-24-44)45-25-11-4-12-26-45/h1-40H. The highest BCUT2D eigenvalue weighted by Crippen LogP contribution is 2.60. The van der Waals surface area contributed by atoms with E-state index in [0.717, 1.165) is 99.2 Å². The number of hydrogen-bond donors (Lipinski definition) is 0. The minimum atomic E-state index is -0.876. The molecule has 14 rings (SSSR count). The van der Waals surface area contributed by atoms with Crippen molar-refractivity contribution >= 4 is 62.8 Å². The molecule has 0 saturated heterocycles. The lowest BCUT2D eigenvalue weighted by atomic mass is 9.63. The van der Waals surface area contributed by atoms with Crippen LogP contribution in [-0.2, 0) is 5.41 Å². The van der Waals surface area contributed by atoms with E-state index in [1.165, 1.54) is 0 Å².